The minimum absolute atomic E-state index is 0.0495. The van der Waals surface area contributed by atoms with Crippen LogP contribution in [-0.4, -0.2) is 81.5 Å². The quantitative estimate of drug-likeness (QED) is 0.141. The van der Waals surface area contributed by atoms with E-state index < -0.39 is 71.7 Å². The maximum atomic E-state index is 13.0. The van der Waals surface area contributed by atoms with Crippen LogP contribution in [0.1, 0.15) is 83.8 Å². The Kier molecular flexibility index (Phi) is 15.1. The van der Waals surface area contributed by atoms with Crippen molar-refractivity contribution < 1.29 is 66.9 Å². The van der Waals surface area contributed by atoms with E-state index in [9.17, 15) is 47.9 Å². The number of hydrogen-bond acceptors (Lipinski definition) is 14. The number of carbonyl (C=O) groups is 10. The van der Waals surface area contributed by atoms with Crippen LogP contribution in [0.2, 0.25) is 0 Å². The number of hydrogen-bond donors (Lipinski definition) is 2. The molecule has 2 N–H and O–H groups in total. The van der Waals surface area contributed by atoms with Gasteiger partial charge in [-0.1, -0.05) is 52.0 Å². The van der Waals surface area contributed by atoms with Gasteiger partial charge in [-0.3, -0.25) is 28.8 Å². The molecule has 2 aromatic carbocycles. The highest BCUT2D eigenvalue weighted by Gasteiger charge is 2.37. The van der Waals surface area contributed by atoms with E-state index in [1.807, 2.05) is 0 Å². The normalized spacial score (nSPS) is 15.1. The van der Waals surface area contributed by atoms with Gasteiger partial charge in [0.05, 0.1) is 0 Å². The molecule has 0 saturated carbocycles. The third-order valence-electron chi connectivity index (χ3n) is 8.76. The number of benzene rings is 2. The highest BCUT2D eigenvalue weighted by molar-refractivity contribution is 6.14. The zero-order valence-corrected chi connectivity index (χ0v) is 31.9. The molecule has 2 fully saturated rings. The van der Waals surface area contributed by atoms with Gasteiger partial charge in [0.1, 0.15) is 36.8 Å². The van der Waals surface area contributed by atoms with E-state index in [2.05, 4.69) is 10.6 Å². The van der Waals surface area contributed by atoms with E-state index >= 15 is 0 Å². The molecule has 2 heterocycles. The number of esters is 2. The van der Waals surface area contributed by atoms with Gasteiger partial charge in [0.2, 0.25) is 35.4 Å². The van der Waals surface area contributed by atoms with Gasteiger partial charge in [-0.05, 0) is 53.6 Å². The molecule has 2 aliphatic heterocycles. The van der Waals surface area contributed by atoms with Crippen molar-refractivity contribution in [2.45, 2.75) is 97.9 Å². The first-order valence-corrected chi connectivity index (χ1v) is 18.3. The largest absolute Gasteiger partial charge is 0.444 e. The molecule has 0 bridgehead atoms. The maximum absolute atomic E-state index is 13.0. The standard InChI is InChI=1S/C39H44N4O14/c1-22(2)34(36(50)56-26-12-8-24(9-13-26)20-54-38(52)42-30(46)16-17-31(42)47)40-28(44)6-5-7-29(45)41-35(23(3)4)37(51)57-27-14-10-25(11-15-27)21-55-39(53)43-32(48)18-19-33(43)49/h8-15,22-23,34-35H,5-7,16-21H2,1-4H3,(H,40,44)(H,41,45). The van der Waals surface area contributed by atoms with Crippen LogP contribution in [0.25, 0.3) is 0 Å². The van der Waals surface area contributed by atoms with Crippen molar-refractivity contribution in [3.05, 3.63) is 59.7 Å². The SMILES string of the molecule is CC(C)C(NC(=O)CCCC(=O)NC(C(=O)Oc1ccc(COC(=O)N2C(=O)CCC2=O)cc1)C(C)C)C(=O)Oc1ccc(COC(=O)N2C(=O)CCC2=O)cc1. The minimum atomic E-state index is -1.06. The van der Waals surface area contributed by atoms with E-state index in [0.29, 0.717) is 20.9 Å². The maximum Gasteiger partial charge on any atom is 0.423 e. The summed E-state index contributed by atoms with van der Waals surface area (Å²) in [6, 6.07) is 9.88. The summed E-state index contributed by atoms with van der Waals surface area (Å²) in [6.45, 7) is 6.40. The minimum Gasteiger partial charge on any atom is -0.444 e. The molecule has 0 radical (unpaired) electrons. The number of ether oxygens (including phenoxy) is 4. The Balaban J connectivity index is 1.18. The Morgan fingerprint density at radius 3 is 1.16 bits per heavy atom. The van der Waals surface area contributed by atoms with Crippen molar-refractivity contribution in [3.8, 4) is 11.5 Å². The van der Waals surface area contributed by atoms with Crippen LogP contribution in [0.4, 0.5) is 9.59 Å². The molecule has 304 valence electrons. The molecule has 18 nitrogen and oxygen atoms in total. The lowest BCUT2D eigenvalue weighted by atomic mass is 10.0. The van der Waals surface area contributed by atoms with Crippen molar-refractivity contribution in [2.75, 3.05) is 0 Å². The Morgan fingerprint density at radius 1 is 0.544 bits per heavy atom. The summed E-state index contributed by atoms with van der Waals surface area (Å²) >= 11 is 0. The first-order valence-electron chi connectivity index (χ1n) is 18.3. The molecule has 8 amide bonds. The summed E-state index contributed by atoms with van der Waals surface area (Å²) in [4.78, 5) is 123. The lowest BCUT2D eigenvalue weighted by molar-refractivity contribution is -0.141. The fraction of sp³-hybridized carbons (Fsp3) is 0.436. The van der Waals surface area contributed by atoms with Crippen LogP contribution in [0, 0.1) is 11.8 Å². The molecule has 4 rings (SSSR count). The number of likely N-dealkylation sites (tertiary alicyclic amines) is 2. The van der Waals surface area contributed by atoms with Crippen LogP contribution in [-0.2, 0) is 61.0 Å². The zero-order valence-electron chi connectivity index (χ0n) is 31.9. The first kappa shape index (κ1) is 43.3. The van der Waals surface area contributed by atoms with Crippen molar-refractivity contribution in [3.63, 3.8) is 0 Å². The van der Waals surface area contributed by atoms with E-state index in [-0.39, 0.29) is 81.5 Å². The zero-order chi connectivity index (χ0) is 41.8. The van der Waals surface area contributed by atoms with E-state index in [1.165, 1.54) is 48.5 Å². The van der Waals surface area contributed by atoms with E-state index in [0.717, 1.165) is 0 Å². The second-order valence-corrected chi connectivity index (χ2v) is 13.9. The van der Waals surface area contributed by atoms with Crippen molar-refractivity contribution in [2.24, 2.45) is 11.8 Å². The highest BCUT2D eigenvalue weighted by Crippen LogP contribution is 2.20. The Hall–Kier alpha value is -6.46. The number of amides is 8. The molecule has 2 saturated heterocycles. The lowest BCUT2D eigenvalue weighted by Gasteiger charge is -2.21. The van der Waals surface area contributed by atoms with Crippen LogP contribution in [0.5, 0.6) is 11.5 Å². The molecule has 2 atom stereocenters. The summed E-state index contributed by atoms with van der Waals surface area (Å²) in [5, 5.41) is 5.27. The van der Waals surface area contributed by atoms with Crippen molar-refractivity contribution in [1.29, 1.82) is 0 Å². The summed E-state index contributed by atoms with van der Waals surface area (Å²) in [6.07, 6.45) is -2.42. The molecule has 0 spiro atoms. The molecule has 18 heteroatoms. The second-order valence-electron chi connectivity index (χ2n) is 13.9. The van der Waals surface area contributed by atoms with Crippen LogP contribution < -0.4 is 20.1 Å². The second kappa shape index (κ2) is 19.9. The average Bonchev–Trinajstić information content (AvgIpc) is 3.69. The monoisotopic (exact) mass is 792 g/mol. The Labute approximate surface area is 327 Å². The smallest absolute Gasteiger partial charge is 0.423 e. The predicted octanol–water partition coefficient (Wildman–Crippen LogP) is 3.22. The van der Waals surface area contributed by atoms with Gasteiger partial charge in [-0.15, -0.1) is 0 Å². The summed E-state index contributed by atoms with van der Waals surface area (Å²) in [5.41, 5.74) is 1.00. The van der Waals surface area contributed by atoms with Crippen molar-refractivity contribution >= 4 is 59.6 Å². The van der Waals surface area contributed by atoms with Gasteiger partial charge in [0.15, 0.2) is 0 Å². The summed E-state index contributed by atoms with van der Waals surface area (Å²) < 4.78 is 21.0. The predicted molar refractivity (Wildman–Crippen MR) is 194 cm³/mol. The number of nitrogens with one attached hydrogen (secondary N) is 2. The molecule has 57 heavy (non-hydrogen) atoms. The highest BCUT2D eigenvalue weighted by atomic mass is 16.6. The molecular formula is C39H44N4O14. The number of imide groups is 6. The summed E-state index contributed by atoms with van der Waals surface area (Å²) in [7, 11) is 0. The van der Waals surface area contributed by atoms with Gasteiger partial charge >= 0.3 is 24.1 Å². The van der Waals surface area contributed by atoms with E-state index in [4.69, 9.17) is 18.9 Å². The van der Waals surface area contributed by atoms with E-state index in [1.54, 1.807) is 27.7 Å². The number of nitrogens with zero attached hydrogens (tertiary/aromatic N) is 2. The molecule has 0 aromatic heterocycles. The molecule has 2 aromatic rings. The van der Waals surface area contributed by atoms with Gasteiger partial charge in [-0.2, -0.15) is 9.80 Å². The molecule has 2 aliphatic rings. The lowest BCUT2D eigenvalue weighted by Crippen LogP contribution is -2.47. The third kappa shape index (κ3) is 12.3. The van der Waals surface area contributed by atoms with Gasteiger partial charge in [0, 0.05) is 38.5 Å². The topological polar surface area (TPSA) is 238 Å². The number of rotatable bonds is 16. The summed E-state index contributed by atoms with van der Waals surface area (Å²) in [5.74, 6) is -5.35. The van der Waals surface area contributed by atoms with Gasteiger partial charge < -0.3 is 29.6 Å². The Morgan fingerprint density at radius 2 is 0.860 bits per heavy atom. The molecule has 0 aliphatic carbocycles. The fourth-order valence-corrected chi connectivity index (χ4v) is 5.54. The first-order chi connectivity index (χ1) is 27.0. The van der Waals surface area contributed by atoms with Crippen molar-refractivity contribution in [1.82, 2.24) is 20.4 Å². The molecule has 2 unspecified atom stereocenters. The van der Waals surface area contributed by atoms with Gasteiger partial charge in [-0.25, -0.2) is 19.2 Å². The van der Waals surface area contributed by atoms with Gasteiger partial charge in [0.25, 0.3) is 0 Å². The third-order valence-corrected chi connectivity index (χ3v) is 8.76. The average molecular weight is 793 g/mol. The number of carbonyl (C=O) groups excluding carboxylic acids is 10. The fourth-order valence-electron chi connectivity index (χ4n) is 5.54. The van der Waals surface area contributed by atoms with Crippen LogP contribution in [0.3, 0.4) is 0 Å². The van der Waals surface area contributed by atoms with Crippen LogP contribution in [0.15, 0.2) is 48.5 Å². The van der Waals surface area contributed by atoms with Crippen LogP contribution >= 0.6 is 0 Å². The molecular weight excluding hydrogens is 748 g/mol. The Bertz CT molecular complexity index is 1720.